The average molecular weight is 454 g/mol. The van der Waals surface area contributed by atoms with Crippen LogP contribution in [0.25, 0.3) is 22.7 Å². The molecule has 5 rings (SSSR count). The second kappa shape index (κ2) is 8.33. The van der Waals surface area contributed by atoms with Gasteiger partial charge in [0.25, 0.3) is 0 Å². The van der Waals surface area contributed by atoms with Crippen molar-refractivity contribution in [3.05, 3.63) is 77.4 Å². The summed E-state index contributed by atoms with van der Waals surface area (Å²) in [5.41, 5.74) is 9.74. The van der Waals surface area contributed by atoms with Crippen LogP contribution in [0.15, 0.2) is 59.0 Å². The largest absolute Gasteiger partial charge is 0.460 e. The Kier molecular flexibility index (Phi) is 5.18. The Morgan fingerprint density at radius 1 is 1.15 bits per heavy atom. The number of nitrogens with one attached hydrogen (secondary N) is 1. The van der Waals surface area contributed by atoms with E-state index in [1.54, 1.807) is 30.3 Å². The second-order valence-electron chi connectivity index (χ2n) is 7.94. The van der Waals surface area contributed by atoms with Crippen molar-refractivity contribution >= 4 is 23.1 Å². The van der Waals surface area contributed by atoms with Crippen LogP contribution in [0, 0.1) is 24.1 Å². The number of rotatable bonds is 4. The van der Waals surface area contributed by atoms with Crippen LogP contribution in [0.3, 0.4) is 0 Å². The minimum atomic E-state index is -0.321. The number of hydrogen-bond acceptors (Lipinski definition) is 7. The van der Waals surface area contributed by atoms with Crippen LogP contribution >= 0.6 is 0 Å². The normalized spacial score (nSPS) is 12.7. The molecule has 0 bridgehead atoms. The number of fused-ring (bicyclic) bond motifs is 1. The molecule has 0 saturated heterocycles. The number of furan rings is 1. The summed E-state index contributed by atoms with van der Waals surface area (Å²) in [5, 5.41) is 12.3. The van der Waals surface area contributed by atoms with Crippen LogP contribution in [0.1, 0.15) is 17.0 Å². The number of halogens is 1. The third-order valence-corrected chi connectivity index (χ3v) is 5.51. The molecule has 0 fully saturated rings. The summed E-state index contributed by atoms with van der Waals surface area (Å²) < 4.78 is 19.1. The van der Waals surface area contributed by atoms with Crippen molar-refractivity contribution in [2.24, 2.45) is 0 Å². The van der Waals surface area contributed by atoms with Crippen LogP contribution in [-0.4, -0.2) is 22.4 Å². The fourth-order valence-corrected chi connectivity index (χ4v) is 3.91. The number of nitrogens with zero attached hydrogens (tertiary/aromatic N) is 4. The highest BCUT2D eigenvalue weighted by Crippen LogP contribution is 2.38. The number of benzene rings is 2. The number of nitriles is 1. The first-order chi connectivity index (χ1) is 16.4. The highest BCUT2D eigenvalue weighted by Gasteiger charge is 2.25. The summed E-state index contributed by atoms with van der Waals surface area (Å²) in [6.45, 7) is 2.36. The summed E-state index contributed by atoms with van der Waals surface area (Å²) in [6.07, 6.45) is 0. The van der Waals surface area contributed by atoms with Gasteiger partial charge in [0.1, 0.15) is 29.0 Å². The fourth-order valence-electron chi connectivity index (χ4n) is 3.91. The van der Waals surface area contributed by atoms with Gasteiger partial charge in [0, 0.05) is 12.1 Å². The van der Waals surface area contributed by atoms with Gasteiger partial charge in [-0.15, -0.1) is 0 Å². The van der Waals surface area contributed by atoms with Crippen LogP contribution in [-0.2, 0) is 11.3 Å². The molecule has 1 aliphatic heterocycles. The average Bonchev–Trinajstić information content (AvgIpc) is 3.26. The number of amides is 1. The van der Waals surface area contributed by atoms with Gasteiger partial charge < -0.3 is 20.4 Å². The van der Waals surface area contributed by atoms with E-state index in [2.05, 4.69) is 15.3 Å². The molecule has 168 valence electrons. The predicted octanol–water partition coefficient (Wildman–Crippen LogP) is 4.26. The maximum atomic E-state index is 13.3. The summed E-state index contributed by atoms with van der Waals surface area (Å²) in [6, 6.07) is 17.2. The molecule has 0 aliphatic carbocycles. The molecular formula is C25H19FN6O2. The number of anilines is 3. The van der Waals surface area contributed by atoms with E-state index in [1.165, 1.54) is 12.1 Å². The second-order valence-corrected chi connectivity index (χ2v) is 7.94. The maximum absolute atomic E-state index is 13.3. The first kappa shape index (κ1) is 21.2. The minimum Gasteiger partial charge on any atom is -0.460 e. The van der Waals surface area contributed by atoms with Crippen molar-refractivity contribution in [3.63, 3.8) is 0 Å². The Balaban J connectivity index is 1.62. The maximum Gasteiger partial charge on any atom is 0.243 e. The topological polar surface area (TPSA) is 121 Å². The molecule has 34 heavy (non-hydrogen) atoms. The van der Waals surface area contributed by atoms with E-state index in [4.69, 9.17) is 10.2 Å². The van der Waals surface area contributed by atoms with Crippen molar-refractivity contribution in [2.75, 3.05) is 22.5 Å². The number of aryl methyl sites for hydroxylation is 1. The predicted molar refractivity (Wildman–Crippen MR) is 125 cm³/mol. The number of carbonyl (C=O) groups excluding carboxylic acids is 1. The van der Waals surface area contributed by atoms with Crippen LogP contribution < -0.4 is 16.0 Å². The Labute approximate surface area is 194 Å². The Hall–Kier alpha value is -4.71. The third-order valence-electron chi connectivity index (χ3n) is 5.51. The number of nitrogen functional groups attached to an aromatic ring is 1. The molecule has 3 heterocycles. The molecule has 1 aliphatic rings. The Morgan fingerprint density at radius 3 is 2.65 bits per heavy atom. The Bertz CT molecular complexity index is 1460. The van der Waals surface area contributed by atoms with E-state index in [0.717, 1.165) is 11.3 Å². The molecule has 2 aromatic heterocycles. The van der Waals surface area contributed by atoms with E-state index >= 15 is 0 Å². The molecule has 0 radical (unpaired) electrons. The minimum absolute atomic E-state index is 0.0104. The zero-order valence-electron chi connectivity index (χ0n) is 18.2. The lowest BCUT2D eigenvalue weighted by Gasteiger charge is -2.31. The van der Waals surface area contributed by atoms with Gasteiger partial charge in [-0.25, -0.2) is 14.4 Å². The van der Waals surface area contributed by atoms with Crippen LogP contribution in [0.4, 0.5) is 21.6 Å². The van der Waals surface area contributed by atoms with Gasteiger partial charge in [0.05, 0.1) is 17.9 Å². The number of carbonyl (C=O) groups is 1. The van der Waals surface area contributed by atoms with Crippen LogP contribution in [0.5, 0.6) is 0 Å². The van der Waals surface area contributed by atoms with Crippen LogP contribution in [0.2, 0.25) is 0 Å². The lowest BCUT2D eigenvalue weighted by atomic mass is 10.0. The van der Waals surface area contributed by atoms with Crippen molar-refractivity contribution in [1.82, 2.24) is 9.97 Å². The van der Waals surface area contributed by atoms with Crippen molar-refractivity contribution in [2.45, 2.75) is 13.5 Å². The monoisotopic (exact) mass is 454 g/mol. The lowest BCUT2D eigenvalue weighted by molar-refractivity contribution is -0.115. The quantitative estimate of drug-likeness (QED) is 0.472. The summed E-state index contributed by atoms with van der Waals surface area (Å²) >= 11 is 0. The molecular weight excluding hydrogens is 435 g/mol. The van der Waals surface area contributed by atoms with Gasteiger partial charge in [-0.1, -0.05) is 18.2 Å². The summed E-state index contributed by atoms with van der Waals surface area (Å²) in [5.74, 6) is 0.722. The van der Waals surface area contributed by atoms with Crippen molar-refractivity contribution in [1.29, 1.82) is 5.26 Å². The molecule has 8 nitrogen and oxygen atoms in total. The molecule has 4 aromatic rings. The number of aromatic nitrogens is 2. The smallest absolute Gasteiger partial charge is 0.243 e. The van der Waals surface area contributed by atoms with Crippen molar-refractivity contribution in [3.8, 4) is 28.8 Å². The third kappa shape index (κ3) is 3.93. The molecule has 0 saturated carbocycles. The molecule has 9 heteroatoms. The van der Waals surface area contributed by atoms with Gasteiger partial charge in [0.15, 0.2) is 17.3 Å². The first-order valence-corrected chi connectivity index (χ1v) is 10.5. The zero-order chi connectivity index (χ0) is 23.8. The Morgan fingerprint density at radius 2 is 1.94 bits per heavy atom. The van der Waals surface area contributed by atoms with E-state index in [0.29, 0.717) is 40.7 Å². The first-order valence-electron chi connectivity index (χ1n) is 10.5. The zero-order valence-corrected chi connectivity index (χ0v) is 18.2. The van der Waals surface area contributed by atoms with E-state index < -0.39 is 0 Å². The fraction of sp³-hybridized carbons (Fsp3) is 0.120. The lowest BCUT2D eigenvalue weighted by Crippen LogP contribution is -2.37. The highest BCUT2D eigenvalue weighted by molar-refractivity contribution is 6.02. The molecule has 0 spiro atoms. The van der Waals surface area contributed by atoms with Gasteiger partial charge in [0.2, 0.25) is 5.91 Å². The molecule has 3 N–H and O–H groups in total. The van der Waals surface area contributed by atoms with Gasteiger partial charge >= 0.3 is 0 Å². The van der Waals surface area contributed by atoms with Gasteiger partial charge in [-0.05, 0) is 48.9 Å². The molecule has 0 atom stereocenters. The van der Waals surface area contributed by atoms with E-state index in [9.17, 15) is 14.4 Å². The summed E-state index contributed by atoms with van der Waals surface area (Å²) in [4.78, 5) is 23.1. The molecule has 2 aromatic carbocycles. The van der Waals surface area contributed by atoms with E-state index in [-0.39, 0.29) is 29.8 Å². The summed E-state index contributed by atoms with van der Waals surface area (Å²) in [7, 11) is 0. The van der Waals surface area contributed by atoms with Crippen molar-refractivity contribution < 1.29 is 13.6 Å². The molecule has 0 unspecified atom stereocenters. The number of hydrogen-bond donors (Lipinski definition) is 2. The molecule has 1 amide bonds. The number of nitrogens with two attached hydrogens (primary N) is 1. The highest BCUT2D eigenvalue weighted by atomic mass is 19.1. The SMILES string of the molecule is Cc1ccc(-c2nc(N)c(C#N)nc2-c2ccc3c(c2)N(Cc2ccc(F)cc2)CC(=O)N3)o1. The standard InChI is InChI=1S/C25H19FN6O2/c1-14-2-9-21(34-14)24-23(30-19(11-27)25(28)31-24)16-5-8-18-20(10-16)32(13-22(33)29-18)12-15-3-6-17(26)7-4-15/h2-10H,12-13H2,1H3,(H2,28,31)(H,29,33). The van der Waals surface area contributed by atoms with Gasteiger partial charge in [-0.2, -0.15) is 5.26 Å². The van der Waals surface area contributed by atoms with Gasteiger partial charge in [-0.3, -0.25) is 4.79 Å². The van der Waals surface area contributed by atoms with E-state index in [1.807, 2.05) is 30.0 Å².